The fraction of sp³-hybridized carbons (Fsp3) is 0.875. The van der Waals surface area contributed by atoms with Gasteiger partial charge in [0.05, 0.1) is 14.3 Å². The molecule has 2 nitrogen and oxygen atoms in total. The van der Waals surface area contributed by atoms with Crippen molar-refractivity contribution in [3.8, 4) is 0 Å². The summed E-state index contributed by atoms with van der Waals surface area (Å²) < 4.78 is 5.24. The van der Waals surface area contributed by atoms with Crippen LogP contribution in [0, 0.1) is 0 Å². The quantitative estimate of drug-likeness (QED) is 0.613. The van der Waals surface area contributed by atoms with Crippen LogP contribution in [-0.2, 0) is 4.74 Å². The molecular weight excluding hydrogens is 161 g/mol. The monoisotopic (exact) mass is 178 g/mol. The minimum atomic E-state index is -0.389. The number of carbonyl (C=O) groups excluding carboxylic acids is 1. The smallest absolute Gasteiger partial charge is 0.234 e. The summed E-state index contributed by atoms with van der Waals surface area (Å²) in [5.74, 6) is -0.156. The predicted molar refractivity (Wildman–Crippen MR) is 59.8 cm³/mol. The molecule has 0 heterocycles. The van der Waals surface area contributed by atoms with Crippen LogP contribution < -0.4 is 0 Å². The fourth-order valence-corrected chi connectivity index (χ4v) is 0.992. The standard InChI is InChI=1S/C8H17B3O2/c1-6-10-11(9-5)7(12)13-8(2,3)4/h6H2,1-5H3. The number of ether oxygens (including phenoxy) is 1. The largest absolute Gasteiger partial charge is 0.469 e. The molecule has 70 valence electrons. The molecule has 0 aromatic carbocycles. The zero-order chi connectivity index (χ0) is 10.5. The van der Waals surface area contributed by atoms with Gasteiger partial charge in [-0.25, -0.2) is 0 Å². The molecule has 0 saturated carbocycles. The molecule has 0 unspecified atom stereocenters. The van der Waals surface area contributed by atoms with Crippen LogP contribution >= 0.6 is 0 Å². The molecule has 0 spiro atoms. The van der Waals surface area contributed by atoms with Gasteiger partial charge in [-0.1, -0.05) is 20.1 Å². The van der Waals surface area contributed by atoms with Gasteiger partial charge < -0.3 is 4.74 Å². The first kappa shape index (κ1) is 12.7. The van der Waals surface area contributed by atoms with Gasteiger partial charge in [-0.05, 0) is 20.8 Å². The SMILES string of the molecule is C[B]B([B]CC)C(=O)OC(C)(C)C. The molecule has 0 atom stereocenters. The normalized spacial score (nSPS) is 10.5. The van der Waals surface area contributed by atoms with Crippen molar-refractivity contribution in [2.24, 2.45) is 0 Å². The average molecular weight is 178 g/mol. The number of hydrogen-bond acceptors (Lipinski definition) is 2. The molecule has 0 amide bonds. The highest BCUT2D eigenvalue weighted by Gasteiger charge is 2.26. The van der Waals surface area contributed by atoms with Crippen LogP contribution in [0.4, 0.5) is 4.79 Å². The van der Waals surface area contributed by atoms with Crippen LogP contribution in [0.3, 0.4) is 0 Å². The molecule has 0 saturated heterocycles. The zero-order valence-corrected chi connectivity index (χ0v) is 9.26. The maximum absolute atomic E-state index is 11.5. The van der Waals surface area contributed by atoms with E-state index in [1.165, 1.54) is 0 Å². The molecule has 5 heteroatoms. The van der Waals surface area contributed by atoms with Crippen molar-refractivity contribution in [1.29, 1.82) is 0 Å². The van der Waals surface area contributed by atoms with E-state index in [1.54, 1.807) is 0 Å². The zero-order valence-electron chi connectivity index (χ0n) is 9.26. The first-order valence-corrected chi connectivity index (χ1v) is 4.76. The maximum atomic E-state index is 11.5. The van der Waals surface area contributed by atoms with E-state index >= 15 is 0 Å². The molecule has 2 radical (unpaired) electrons. The van der Waals surface area contributed by atoms with Crippen LogP contribution in [0.5, 0.6) is 0 Å². The minimum absolute atomic E-state index is 0.156. The first-order valence-electron chi connectivity index (χ1n) is 4.76. The van der Waals surface area contributed by atoms with E-state index in [4.69, 9.17) is 4.74 Å². The van der Waals surface area contributed by atoms with Gasteiger partial charge in [0, 0.05) is 0 Å². The van der Waals surface area contributed by atoms with Crippen molar-refractivity contribution in [2.75, 3.05) is 0 Å². The van der Waals surface area contributed by atoms with Crippen LogP contribution in [0.15, 0.2) is 0 Å². The van der Waals surface area contributed by atoms with Crippen molar-refractivity contribution < 1.29 is 9.53 Å². The van der Waals surface area contributed by atoms with E-state index in [0.717, 1.165) is 6.32 Å². The Morgan fingerprint density at radius 1 is 1.46 bits per heavy atom. The summed E-state index contributed by atoms with van der Waals surface area (Å²) in [4.78, 5) is 11.5. The lowest BCUT2D eigenvalue weighted by molar-refractivity contribution is 0.0718. The van der Waals surface area contributed by atoms with Gasteiger partial charge >= 0.3 is 0 Å². The molecule has 0 fully saturated rings. The van der Waals surface area contributed by atoms with E-state index in [-0.39, 0.29) is 18.0 Å². The third-order valence-corrected chi connectivity index (χ3v) is 1.53. The van der Waals surface area contributed by atoms with Gasteiger partial charge in [-0.15, -0.1) is 0 Å². The first-order chi connectivity index (χ1) is 5.90. The lowest BCUT2D eigenvalue weighted by Gasteiger charge is -2.22. The van der Waals surface area contributed by atoms with E-state index in [9.17, 15) is 4.79 Å². The molecule has 0 aromatic heterocycles. The fourth-order valence-electron chi connectivity index (χ4n) is 0.992. The lowest BCUT2D eigenvalue weighted by atomic mass is 9.04. The third kappa shape index (κ3) is 5.84. The Balaban J connectivity index is 4.06. The van der Waals surface area contributed by atoms with Crippen molar-refractivity contribution in [3.05, 3.63) is 0 Å². The Labute approximate surface area is 83.3 Å². The Morgan fingerprint density at radius 2 is 2.00 bits per heavy atom. The highest BCUT2D eigenvalue weighted by Crippen LogP contribution is 2.08. The summed E-state index contributed by atoms with van der Waals surface area (Å²) in [6.07, 6.45) is 0.883. The maximum Gasteiger partial charge on any atom is 0.234 e. The molecule has 0 N–H and O–H groups in total. The van der Waals surface area contributed by atoms with Crippen molar-refractivity contribution >= 4 is 26.7 Å². The second-order valence-corrected chi connectivity index (χ2v) is 4.04. The van der Waals surface area contributed by atoms with Crippen LogP contribution in [0.1, 0.15) is 27.7 Å². The van der Waals surface area contributed by atoms with Gasteiger partial charge in [-0.3, -0.25) is 4.79 Å². The summed E-state index contributed by atoms with van der Waals surface area (Å²) in [6, 6.07) is 0. The second kappa shape index (κ2) is 5.41. The summed E-state index contributed by atoms with van der Waals surface area (Å²) in [5.41, 5.74) is -0.389. The van der Waals surface area contributed by atoms with E-state index in [2.05, 4.69) is 0 Å². The molecule has 0 bridgehead atoms. The molecule has 13 heavy (non-hydrogen) atoms. The van der Waals surface area contributed by atoms with E-state index in [0.29, 0.717) is 0 Å². The van der Waals surface area contributed by atoms with Crippen LogP contribution in [-0.4, -0.2) is 32.3 Å². The van der Waals surface area contributed by atoms with E-state index in [1.807, 2.05) is 48.9 Å². The minimum Gasteiger partial charge on any atom is -0.469 e. The van der Waals surface area contributed by atoms with Gasteiger partial charge in [0.25, 0.3) is 0 Å². The third-order valence-electron chi connectivity index (χ3n) is 1.53. The van der Waals surface area contributed by atoms with Crippen molar-refractivity contribution in [2.45, 2.75) is 46.4 Å². The van der Waals surface area contributed by atoms with Gasteiger partial charge in [-0.2, -0.15) is 0 Å². The van der Waals surface area contributed by atoms with Crippen LogP contribution in [0.25, 0.3) is 0 Å². The summed E-state index contributed by atoms with van der Waals surface area (Å²) in [7, 11) is 3.81. The number of carbonyl (C=O) groups is 1. The molecule has 0 aliphatic rings. The molecule has 0 aliphatic heterocycles. The average Bonchev–Trinajstić information content (AvgIpc) is 1.96. The van der Waals surface area contributed by atoms with Gasteiger partial charge in [0.15, 0.2) is 6.49 Å². The molecule has 0 rings (SSSR count). The lowest BCUT2D eigenvalue weighted by Crippen LogP contribution is -2.42. The predicted octanol–water partition coefficient (Wildman–Crippen LogP) is 1.89. The second-order valence-electron chi connectivity index (χ2n) is 4.04. The van der Waals surface area contributed by atoms with E-state index < -0.39 is 0 Å². The van der Waals surface area contributed by atoms with Crippen LogP contribution in [0.2, 0.25) is 13.1 Å². The number of rotatable bonds is 4. The van der Waals surface area contributed by atoms with Crippen molar-refractivity contribution in [3.63, 3.8) is 0 Å². The Hall–Kier alpha value is -0.335. The molecular formula is C8H17B3O2. The Kier molecular flexibility index (Phi) is 5.27. The Morgan fingerprint density at radius 3 is 2.31 bits per heavy atom. The summed E-state index contributed by atoms with van der Waals surface area (Å²) in [6.45, 7) is 9.36. The molecule has 0 aromatic rings. The van der Waals surface area contributed by atoms with Crippen molar-refractivity contribution in [1.82, 2.24) is 0 Å². The van der Waals surface area contributed by atoms with Gasteiger partial charge in [0.2, 0.25) is 5.87 Å². The highest BCUT2D eigenvalue weighted by molar-refractivity contribution is 7.50. The summed E-state index contributed by atoms with van der Waals surface area (Å²) >= 11 is 0. The number of hydrogen-bond donors (Lipinski definition) is 0. The molecule has 0 aliphatic carbocycles. The Bertz CT molecular complexity index is 165. The van der Waals surface area contributed by atoms with Gasteiger partial charge in [0.1, 0.15) is 5.60 Å². The highest BCUT2D eigenvalue weighted by atomic mass is 16.5. The topological polar surface area (TPSA) is 26.3 Å². The summed E-state index contributed by atoms with van der Waals surface area (Å²) in [5, 5.41) is 0.